The van der Waals surface area contributed by atoms with Crippen molar-refractivity contribution in [1.82, 2.24) is 0 Å². The minimum Gasteiger partial charge on any atom is -0.481 e. The van der Waals surface area contributed by atoms with Gasteiger partial charge in [-0.3, -0.25) is 9.52 Å². The third-order valence-electron chi connectivity index (χ3n) is 2.59. The molecule has 0 fully saturated rings. The number of para-hydroxylation sites is 1. The first-order valence-electron chi connectivity index (χ1n) is 6.32. The Morgan fingerprint density at radius 1 is 1.35 bits per heavy atom. The number of aliphatic carboxylic acids is 1. The Morgan fingerprint density at radius 3 is 2.70 bits per heavy atom. The zero-order valence-corrected chi connectivity index (χ0v) is 12.1. The molecule has 0 spiro atoms. The van der Waals surface area contributed by atoms with Gasteiger partial charge in [-0.05, 0) is 25.0 Å². The molecule has 0 saturated heterocycles. The highest BCUT2D eigenvalue weighted by molar-refractivity contribution is 7.92. The number of sulfonamides is 1. The SMILES string of the molecule is CCOCCS(=O)(=O)Nc1ccccc1CCC(=O)O. The molecule has 0 aromatic heterocycles. The first-order valence-corrected chi connectivity index (χ1v) is 7.98. The third-order valence-corrected chi connectivity index (χ3v) is 3.83. The van der Waals surface area contributed by atoms with E-state index >= 15 is 0 Å². The molecular weight excluding hydrogens is 282 g/mol. The first-order chi connectivity index (χ1) is 9.44. The molecule has 0 radical (unpaired) electrons. The largest absolute Gasteiger partial charge is 0.481 e. The topological polar surface area (TPSA) is 92.7 Å². The lowest BCUT2D eigenvalue weighted by molar-refractivity contribution is -0.136. The lowest BCUT2D eigenvalue weighted by Gasteiger charge is -2.12. The molecule has 2 N–H and O–H groups in total. The number of anilines is 1. The number of nitrogens with one attached hydrogen (secondary N) is 1. The van der Waals surface area contributed by atoms with Crippen LogP contribution in [0.25, 0.3) is 0 Å². The molecule has 0 aliphatic rings. The van der Waals surface area contributed by atoms with Gasteiger partial charge in [0.25, 0.3) is 0 Å². The van der Waals surface area contributed by atoms with Gasteiger partial charge in [0, 0.05) is 13.0 Å². The zero-order chi connectivity index (χ0) is 15.0. The smallest absolute Gasteiger partial charge is 0.303 e. The van der Waals surface area contributed by atoms with Gasteiger partial charge in [-0.1, -0.05) is 18.2 Å². The highest BCUT2D eigenvalue weighted by Gasteiger charge is 2.13. The maximum atomic E-state index is 11.9. The number of aryl methyl sites for hydroxylation is 1. The van der Waals surface area contributed by atoms with Gasteiger partial charge in [0.05, 0.1) is 18.0 Å². The number of rotatable bonds is 9. The maximum absolute atomic E-state index is 11.9. The number of carbonyl (C=O) groups is 1. The monoisotopic (exact) mass is 301 g/mol. The van der Waals surface area contributed by atoms with Gasteiger partial charge in [0.2, 0.25) is 10.0 Å². The van der Waals surface area contributed by atoms with E-state index in [1.165, 1.54) is 0 Å². The molecule has 0 saturated carbocycles. The average Bonchev–Trinajstić information content (AvgIpc) is 2.37. The number of benzene rings is 1. The van der Waals surface area contributed by atoms with Crippen molar-refractivity contribution in [2.75, 3.05) is 23.7 Å². The van der Waals surface area contributed by atoms with Crippen molar-refractivity contribution in [3.8, 4) is 0 Å². The van der Waals surface area contributed by atoms with Crippen molar-refractivity contribution in [2.45, 2.75) is 19.8 Å². The molecule has 0 heterocycles. The molecule has 1 rings (SSSR count). The van der Waals surface area contributed by atoms with E-state index in [2.05, 4.69) is 4.72 Å². The van der Waals surface area contributed by atoms with E-state index in [4.69, 9.17) is 9.84 Å². The summed E-state index contributed by atoms with van der Waals surface area (Å²) in [6.45, 7) is 2.38. The number of carboxylic acid groups (broad SMARTS) is 1. The van der Waals surface area contributed by atoms with Crippen molar-refractivity contribution in [3.63, 3.8) is 0 Å². The minimum absolute atomic E-state index is 0.0440. The van der Waals surface area contributed by atoms with Crippen LogP contribution in [0.15, 0.2) is 24.3 Å². The Kier molecular flexibility index (Phi) is 6.47. The van der Waals surface area contributed by atoms with E-state index < -0.39 is 16.0 Å². The molecule has 112 valence electrons. The second-order valence-electron chi connectivity index (χ2n) is 4.17. The fourth-order valence-electron chi connectivity index (χ4n) is 1.61. The van der Waals surface area contributed by atoms with Crippen molar-refractivity contribution >= 4 is 21.7 Å². The zero-order valence-electron chi connectivity index (χ0n) is 11.3. The van der Waals surface area contributed by atoms with E-state index in [0.29, 0.717) is 17.9 Å². The molecule has 0 atom stereocenters. The number of carboxylic acids is 1. The molecule has 6 nitrogen and oxygen atoms in total. The van der Waals surface area contributed by atoms with E-state index in [1.807, 2.05) is 0 Å². The van der Waals surface area contributed by atoms with E-state index in [9.17, 15) is 13.2 Å². The second-order valence-corrected chi connectivity index (χ2v) is 6.01. The Balaban J connectivity index is 2.73. The summed E-state index contributed by atoms with van der Waals surface area (Å²) in [7, 11) is -3.49. The lowest BCUT2D eigenvalue weighted by Crippen LogP contribution is -2.21. The van der Waals surface area contributed by atoms with E-state index in [0.717, 1.165) is 0 Å². The summed E-state index contributed by atoms with van der Waals surface area (Å²) in [4.78, 5) is 10.6. The molecule has 1 aromatic carbocycles. The van der Waals surface area contributed by atoms with Crippen molar-refractivity contribution in [1.29, 1.82) is 0 Å². The van der Waals surface area contributed by atoms with Gasteiger partial charge in [-0.25, -0.2) is 8.42 Å². The molecule has 0 bridgehead atoms. The Hall–Kier alpha value is -1.60. The molecule has 0 aliphatic carbocycles. The standard InChI is InChI=1S/C13H19NO5S/c1-2-19-9-10-20(17,18)14-12-6-4-3-5-11(12)7-8-13(15)16/h3-6,14H,2,7-10H2,1H3,(H,15,16). The Morgan fingerprint density at radius 2 is 2.05 bits per heavy atom. The van der Waals surface area contributed by atoms with Crippen LogP contribution >= 0.6 is 0 Å². The fourth-order valence-corrected chi connectivity index (χ4v) is 2.58. The van der Waals surface area contributed by atoms with Crippen LogP contribution < -0.4 is 4.72 Å². The third kappa shape index (κ3) is 6.03. The summed E-state index contributed by atoms with van der Waals surface area (Å²) in [6, 6.07) is 6.78. The lowest BCUT2D eigenvalue weighted by atomic mass is 10.1. The molecule has 0 unspecified atom stereocenters. The minimum atomic E-state index is -3.49. The van der Waals surface area contributed by atoms with Crippen LogP contribution in [0.1, 0.15) is 18.9 Å². The van der Waals surface area contributed by atoms with Crippen molar-refractivity contribution in [3.05, 3.63) is 29.8 Å². The molecule has 20 heavy (non-hydrogen) atoms. The second kappa shape index (κ2) is 7.86. The maximum Gasteiger partial charge on any atom is 0.303 e. The number of hydrogen-bond acceptors (Lipinski definition) is 4. The van der Waals surface area contributed by atoms with Crippen molar-refractivity contribution < 1.29 is 23.1 Å². The Bertz CT molecular complexity index is 541. The van der Waals surface area contributed by atoms with Gasteiger partial charge < -0.3 is 9.84 Å². The van der Waals surface area contributed by atoms with Gasteiger partial charge in [0.15, 0.2) is 0 Å². The van der Waals surface area contributed by atoms with Gasteiger partial charge >= 0.3 is 5.97 Å². The van der Waals surface area contributed by atoms with Gasteiger partial charge in [-0.15, -0.1) is 0 Å². The van der Waals surface area contributed by atoms with Crippen LogP contribution in [-0.4, -0.2) is 38.5 Å². The van der Waals surface area contributed by atoms with Crippen LogP contribution in [0.5, 0.6) is 0 Å². The summed E-state index contributed by atoms with van der Waals surface area (Å²) < 4.78 is 31.2. The van der Waals surface area contributed by atoms with E-state index in [1.54, 1.807) is 31.2 Å². The van der Waals surface area contributed by atoms with E-state index in [-0.39, 0.29) is 25.2 Å². The fraction of sp³-hybridized carbons (Fsp3) is 0.462. The van der Waals surface area contributed by atoms with Crippen LogP contribution in [0, 0.1) is 0 Å². The highest BCUT2D eigenvalue weighted by Crippen LogP contribution is 2.18. The Labute approximate surface area is 118 Å². The number of ether oxygens (including phenoxy) is 1. The van der Waals surface area contributed by atoms with Crippen LogP contribution in [0.2, 0.25) is 0 Å². The summed E-state index contributed by atoms with van der Waals surface area (Å²) in [5, 5.41) is 8.69. The quantitative estimate of drug-likeness (QED) is 0.674. The summed E-state index contributed by atoms with van der Waals surface area (Å²) >= 11 is 0. The normalized spacial score (nSPS) is 11.2. The molecular formula is C13H19NO5S. The summed E-state index contributed by atoms with van der Waals surface area (Å²) in [6.07, 6.45) is 0.233. The predicted octanol–water partition coefficient (Wildman–Crippen LogP) is 1.48. The molecule has 1 aromatic rings. The molecule has 7 heteroatoms. The predicted molar refractivity (Wildman–Crippen MR) is 76.3 cm³/mol. The van der Waals surface area contributed by atoms with Crippen LogP contribution in [-0.2, 0) is 26.0 Å². The summed E-state index contributed by atoms with van der Waals surface area (Å²) in [5.74, 6) is -1.05. The summed E-state index contributed by atoms with van der Waals surface area (Å²) in [5.41, 5.74) is 1.08. The molecule has 0 amide bonds. The number of hydrogen-bond donors (Lipinski definition) is 2. The van der Waals surface area contributed by atoms with Gasteiger partial charge in [0.1, 0.15) is 0 Å². The van der Waals surface area contributed by atoms with Gasteiger partial charge in [-0.2, -0.15) is 0 Å². The molecule has 0 aliphatic heterocycles. The highest BCUT2D eigenvalue weighted by atomic mass is 32.2. The van der Waals surface area contributed by atoms with Crippen LogP contribution in [0.4, 0.5) is 5.69 Å². The van der Waals surface area contributed by atoms with Crippen molar-refractivity contribution in [2.24, 2.45) is 0 Å². The van der Waals surface area contributed by atoms with Crippen LogP contribution in [0.3, 0.4) is 0 Å². The first kappa shape index (κ1) is 16.5. The average molecular weight is 301 g/mol.